The predicted molar refractivity (Wildman–Crippen MR) is 170 cm³/mol. The van der Waals surface area contributed by atoms with E-state index in [1.165, 1.54) is 26.7 Å². The molecule has 2 aromatic rings. The van der Waals surface area contributed by atoms with Gasteiger partial charge in [-0.3, -0.25) is 9.59 Å². The molecule has 0 bridgehead atoms. The number of ether oxygens (including phenoxy) is 4. The quantitative estimate of drug-likeness (QED) is 0.0551. The molecule has 0 N–H and O–H groups in total. The molecule has 2 aromatic carbocycles. The fraction of sp³-hybridized carbons (Fsp3) is 0.355. The summed E-state index contributed by atoms with van der Waals surface area (Å²) in [6.07, 6.45) is 1.03. The van der Waals surface area contributed by atoms with Crippen LogP contribution in [0.5, 0.6) is 5.75 Å². The number of aryl methyl sites for hydroxylation is 1. The smallest absolute Gasteiger partial charge is 0.662 e. The SMILES string of the molecule is C=C(C(=O)OC)C(OC(C)=O)c1ccc(OC)cc1.CCS.CCSCC(=Cc1ccc(C)cc1)C(=O)OC.O=CO[O-].[Na+]. The van der Waals surface area contributed by atoms with Crippen molar-refractivity contribution in [3.05, 3.63) is 82.9 Å². The van der Waals surface area contributed by atoms with Gasteiger partial charge in [-0.2, -0.15) is 24.4 Å². The Kier molecular flexibility index (Phi) is 30.1. The number of esters is 3. The summed E-state index contributed by atoms with van der Waals surface area (Å²) in [4.78, 5) is 45.5. The minimum Gasteiger partial charge on any atom is -0.662 e. The molecule has 13 heteroatoms. The monoisotopic (exact) mass is 660 g/mol. The van der Waals surface area contributed by atoms with Gasteiger partial charge in [0.15, 0.2) is 6.10 Å². The Morgan fingerprint density at radius 1 is 0.977 bits per heavy atom. The zero-order valence-corrected chi connectivity index (χ0v) is 30.3. The van der Waals surface area contributed by atoms with E-state index < -0.39 is 18.0 Å². The molecule has 0 saturated heterocycles. The Balaban J connectivity index is -0.000000620. The van der Waals surface area contributed by atoms with Crippen molar-refractivity contribution in [2.45, 2.75) is 33.8 Å². The van der Waals surface area contributed by atoms with E-state index in [9.17, 15) is 14.4 Å². The van der Waals surface area contributed by atoms with Gasteiger partial charge in [-0.25, -0.2) is 9.59 Å². The number of benzene rings is 2. The molecule has 10 nitrogen and oxygen atoms in total. The number of carbonyl (C=O) groups is 4. The summed E-state index contributed by atoms with van der Waals surface area (Å²) < 4.78 is 19.5. The topological polar surface area (TPSA) is 137 Å². The molecule has 0 aliphatic rings. The molecule has 0 spiro atoms. The molecule has 44 heavy (non-hydrogen) atoms. The van der Waals surface area contributed by atoms with Gasteiger partial charge in [0.1, 0.15) is 5.75 Å². The number of hydrogen-bond donors (Lipinski definition) is 1. The Labute approximate surface area is 292 Å². The molecule has 1 unspecified atom stereocenters. The molecule has 238 valence electrons. The number of methoxy groups -OCH3 is 3. The van der Waals surface area contributed by atoms with Gasteiger partial charge in [0.25, 0.3) is 6.47 Å². The van der Waals surface area contributed by atoms with E-state index in [0.29, 0.717) is 22.6 Å². The van der Waals surface area contributed by atoms with Crippen molar-refractivity contribution in [3.63, 3.8) is 0 Å². The summed E-state index contributed by atoms with van der Waals surface area (Å²) in [6, 6.07) is 14.9. The van der Waals surface area contributed by atoms with Gasteiger partial charge in [0.2, 0.25) is 0 Å². The third-order valence-electron chi connectivity index (χ3n) is 4.83. The standard InChI is InChI=1S/C14H16O5.C14H18O2S.C2H6S.CH2O3.Na/c1-9(14(16)18-4)13(19-10(2)15)11-5-7-12(17-3)8-6-11;1-4-17-10-13(14(15)16-3)9-12-7-5-11(2)6-8-12;1-2-3;2-1-4-3;/h5-8,13H,1H2,2-4H3;5-9H,4,10H2,1-3H3;3H,2H2,1H3;1,3H;/q;;;;+1/p-1. The predicted octanol–water partition coefficient (Wildman–Crippen LogP) is 1.71. The fourth-order valence-corrected chi connectivity index (χ4v) is 3.51. The largest absolute Gasteiger partial charge is 1.00 e. The maximum Gasteiger partial charge on any atom is 1.00 e. The van der Waals surface area contributed by atoms with Crippen molar-refractivity contribution in [2.75, 3.05) is 38.6 Å². The van der Waals surface area contributed by atoms with Gasteiger partial charge in [-0.15, -0.1) is 0 Å². The first-order chi connectivity index (χ1) is 20.5. The molecule has 0 aliphatic heterocycles. The van der Waals surface area contributed by atoms with Gasteiger partial charge in [0.05, 0.1) is 26.9 Å². The van der Waals surface area contributed by atoms with Crippen LogP contribution in [-0.2, 0) is 38.3 Å². The number of thiol groups is 1. The van der Waals surface area contributed by atoms with Crippen molar-refractivity contribution in [3.8, 4) is 5.75 Å². The van der Waals surface area contributed by atoms with E-state index >= 15 is 0 Å². The number of rotatable bonds is 11. The fourth-order valence-electron chi connectivity index (χ4n) is 2.89. The van der Waals surface area contributed by atoms with Crippen molar-refractivity contribution >= 4 is 54.8 Å². The summed E-state index contributed by atoms with van der Waals surface area (Å²) >= 11 is 5.50. The first-order valence-electron chi connectivity index (χ1n) is 12.8. The Morgan fingerprint density at radius 3 is 1.86 bits per heavy atom. The molecule has 0 aliphatic carbocycles. The van der Waals surface area contributed by atoms with Gasteiger partial charge < -0.3 is 29.1 Å². The normalized spacial score (nSPS) is 10.2. The van der Waals surface area contributed by atoms with Gasteiger partial charge in [-0.05, 0) is 47.8 Å². The first-order valence-corrected chi connectivity index (χ1v) is 14.6. The van der Waals surface area contributed by atoms with Crippen molar-refractivity contribution < 1.29 is 77.8 Å². The molecule has 0 fully saturated rings. The van der Waals surface area contributed by atoms with E-state index in [1.54, 1.807) is 43.1 Å². The van der Waals surface area contributed by atoms with Gasteiger partial charge in [0, 0.05) is 18.2 Å². The van der Waals surface area contributed by atoms with Crippen molar-refractivity contribution in [2.24, 2.45) is 0 Å². The van der Waals surface area contributed by atoms with E-state index in [2.05, 4.69) is 35.8 Å². The number of thioether (sulfide) groups is 1. The zero-order valence-electron chi connectivity index (χ0n) is 26.6. The van der Waals surface area contributed by atoms with E-state index in [-0.39, 0.29) is 47.6 Å². The average molecular weight is 661 g/mol. The van der Waals surface area contributed by atoms with Gasteiger partial charge in [-0.1, -0.05) is 62.4 Å². The molecular formula is C31H41NaO10S2. The first kappa shape index (κ1) is 45.7. The van der Waals surface area contributed by atoms with Crippen LogP contribution < -0.4 is 39.6 Å². The molecule has 0 amide bonds. The summed E-state index contributed by atoms with van der Waals surface area (Å²) in [7, 11) is 4.21. The van der Waals surface area contributed by atoms with E-state index in [4.69, 9.17) is 24.3 Å². The van der Waals surface area contributed by atoms with Crippen LogP contribution >= 0.6 is 24.4 Å². The van der Waals surface area contributed by atoms with Crippen LogP contribution in [0.4, 0.5) is 0 Å². The van der Waals surface area contributed by atoms with Crippen LogP contribution in [0.3, 0.4) is 0 Å². The number of hydrogen-bond acceptors (Lipinski definition) is 12. The van der Waals surface area contributed by atoms with Crippen LogP contribution in [0.2, 0.25) is 0 Å². The summed E-state index contributed by atoms with van der Waals surface area (Å²) in [5.41, 5.74) is 3.63. The second-order valence-corrected chi connectivity index (χ2v) is 9.90. The average Bonchev–Trinajstić information content (AvgIpc) is 3.02. The second kappa shape index (κ2) is 29.0. The van der Waals surface area contributed by atoms with Crippen LogP contribution in [0.15, 0.2) is 66.3 Å². The van der Waals surface area contributed by atoms with Crippen LogP contribution in [-0.4, -0.2) is 63.0 Å². The molecule has 2 rings (SSSR count). The van der Waals surface area contributed by atoms with Crippen molar-refractivity contribution in [1.82, 2.24) is 0 Å². The Bertz CT molecular complexity index is 1140. The van der Waals surface area contributed by atoms with Crippen LogP contribution in [0.1, 0.15) is 43.6 Å². The van der Waals surface area contributed by atoms with Gasteiger partial charge >= 0.3 is 47.5 Å². The summed E-state index contributed by atoms with van der Waals surface area (Å²) in [6.45, 7) is 10.8. The molecule has 0 radical (unpaired) electrons. The van der Waals surface area contributed by atoms with E-state index in [0.717, 1.165) is 17.1 Å². The molecule has 1 atom stereocenters. The van der Waals surface area contributed by atoms with Crippen molar-refractivity contribution in [1.29, 1.82) is 0 Å². The third-order valence-corrected chi connectivity index (χ3v) is 5.76. The maximum absolute atomic E-state index is 11.6. The molecule has 0 heterocycles. The van der Waals surface area contributed by atoms with E-state index in [1.807, 2.05) is 44.2 Å². The maximum atomic E-state index is 11.6. The second-order valence-electron chi connectivity index (χ2n) is 8.00. The van der Waals surface area contributed by atoms with Crippen LogP contribution in [0.25, 0.3) is 6.08 Å². The zero-order chi connectivity index (χ0) is 33.2. The molecule has 0 aromatic heterocycles. The number of carbonyl (C=O) groups excluding carboxylic acids is 4. The Morgan fingerprint density at radius 2 is 1.48 bits per heavy atom. The summed E-state index contributed by atoms with van der Waals surface area (Å²) in [5.74, 6) is 1.91. The minimum absolute atomic E-state index is 0. The molecular weight excluding hydrogens is 619 g/mol. The third kappa shape index (κ3) is 21.0. The summed E-state index contributed by atoms with van der Waals surface area (Å²) in [5, 5.41) is 8.43. The molecule has 0 saturated carbocycles. The minimum atomic E-state index is -0.865. The Hall–Kier alpha value is -2.74. The van der Waals surface area contributed by atoms with Crippen LogP contribution in [0, 0.1) is 6.92 Å².